The van der Waals surface area contributed by atoms with Crippen molar-refractivity contribution in [2.75, 3.05) is 13.1 Å². The monoisotopic (exact) mass is 298 g/mol. The van der Waals surface area contributed by atoms with E-state index in [4.69, 9.17) is 0 Å². The SMILES string of the molecule is C[C@H](O)[C@@H]1C(=O)N2C(C(=O)O)=C(S[C@H]3CCNC3)C[C@H]12. The molecule has 7 heteroatoms. The van der Waals surface area contributed by atoms with Crippen molar-refractivity contribution in [3.05, 3.63) is 10.6 Å². The summed E-state index contributed by atoms with van der Waals surface area (Å²) in [5.74, 6) is -1.76. The van der Waals surface area contributed by atoms with Crippen LogP contribution in [0.1, 0.15) is 19.8 Å². The van der Waals surface area contributed by atoms with Crippen LogP contribution in [0.4, 0.5) is 0 Å². The van der Waals surface area contributed by atoms with E-state index in [1.54, 1.807) is 18.7 Å². The van der Waals surface area contributed by atoms with Gasteiger partial charge in [0, 0.05) is 23.1 Å². The summed E-state index contributed by atoms with van der Waals surface area (Å²) in [5.41, 5.74) is 0.133. The predicted molar refractivity (Wildman–Crippen MR) is 73.9 cm³/mol. The quantitative estimate of drug-likeness (QED) is 0.633. The minimum atomic E-state index is -1.04. The lowest BCUT2D eigenvalue weighted by Crippen LogP contribution is -2.61. The molecule has 3 N–H and O–H groups in total. The van der Waals surface area contributed by atoms with Gasteiger partial charge in [-0.3, -0.25) is 4.79 Å². The standard InChI is InChI=1S/C13H18N2O4S/c1-6(16)10-8-4-9(20-7-2-3-14-5-7)11(13(18)19)15(8)12(10)17/h6-8,10,14,16H,2-5H2,1H3,(H,18,19)/t6-,7-,8+,10-/m0/s1. The predicted octanol–water partition coefficient (Wildman–Crippen LogP) is -0.0108. The Labute approximate surface area is 121 Å². The molecule has 0 bridgehead atoms. The Morgan fingerprint density at radius 3 is 2.85 bits per heavy atom. The molecule has 20 heavy (non-hydrogen) atoms. The third kappa shape index (κ3) is 2.04. The topological polar surface area (TPSA) is 89.9 Å². The number of aliphatic hydroxyl groups excluding tert-OH is 1. The lowest BCUT2D eigenvalue weighted by Gasteiger charge is -2.44. The number of carbonyl (C=O) groups is 2. The number of aliphatic carboxylic acids is 1. The molecule has 110 valence electrons. The number of rotatable bonds is 4. The van der Waals surface area contributed by atoms with Crippen LogP contribution < -0.4 is 5.32 Å². The molecule has 3 aliphatic heterocycles. The van der Waals surface area contributed by atoms with E-state index >= 15 is 0 Å². The number of hydrogen-bond acceptors (Lipinski definition) is 5. The van der Waals surface area contributed by atoms with Gasteiger partial charge in [0.15, 0.2) is 0 Å². The number of thioether (sulfide) groups is 1. The zero-order valence-corrected chi connectivity index (χ0v) is 12.0. The fourth-order valence-electron chi connectivity index (χ4n) is 3.27. The molecular formula is C13H18N2O4S. The highest BCUT2D eigenvalue weighted by Crippen LogP contribution is 2.48. The van der Waals surface area contributed by atoms with Gasteiger partial charge in [-0.2, -0.15) is 0 Å². The minimum Gasteiger partial charge on any atom is -0.477 e. The van der Waals surface area contributed by atoms with Crippen LogP contribution in [0.2, 0.25) is 0 Å². The molecule has 0 radical (unpaired) electrons. The van der Waals surface area contributed by atoms with Gasteiger partial charge in [0.2, 0.25) is 5.91 Å². The first-order valence-electron chi connectivity index (χ1n) is 6.85. The molecule has 0 saturated carbocycles. The van der Waals surface area contributed by atoms with Crippen LogP contribution in [0.15, 0.2) is 10.6 Å². The summed E-state index contributed by atoms with van der Waals surface area (Å²) in [6.07, 6.45) is 0.847. The highest BCUT2D eigenvalue weighted by molar-refractivity contribution is 8.03. The summed E-state index contributed by atoms with van der Waals surface area (Å²) >= 11 is 1.58. The van der Waals surface area contributed by atoms with Gasteiger partial charge >= 0.3 is 5.97 Å². The smallest absolute Gasteiger partial charge is 0.353 e. The zero-order chi connectivity index (χ0) is 14.4. The highest BCUT2D eigenvalue weighted by Gasteiger charge is 2.56. The molecule has 0 aromatic carbocycles. The van der Waals surface area contributed by atoms with Crippen molar-refractivity contribution in [1.82, 2.24) is 10.2 Å². The molecule has 1 amide bonds. The fourth-order valence-corrected chi connectivity index (χ4v) is 4.67. The summed E-state index contributed by atoms with van der Waals surface area (Å²) in [6.45, 7) is 3.42. The van der Waals surface area contributed by atoms with Gasteiger partial charge in [0.1, 0.15) is 5.70 Å². The maximum Gasteiger partial charge on any atom is 0.353 e. The molecule has 0 aromatic rings. The van der Waals surface area contributed by atoms with Crippen molar-refractivity contribution in [2.45, 2.75) is 37.2 Å². The van der Waals surface area contributed by atoms with Crippen LogP contribution in [-0.4, -0.2) is 57.5 Å². The van der Waals surface area contributed by atoms with Gasteiger partial charge in [0.05, 0.1) is 18.1 Å². The Balaban J connectivity index is 1.81. The first kappa shape index (κ1) is 13.9. The third-order valence-electron chi connectivity index (χ3n) is 4.21. The number of carboxylic acids is 1. The third-order valence-corrected chi connectivity index (χ3v) is 5.59. The van der Waals surface area contributed by atoms with Crippen molar-refractivity contribution in [2.24, 2.45) is 5.92 Å². The second kappa shape index (κ2) is 5.05. The molecule has 2 saturated heterocycles. The normalized spacial score (nSPS) is 34.2. The van der Waals surface area contributed by atoms with Crippen molar-refractivity contribution in [3.63, 3.8) is 0 Å². The van der Waals surface area contributed by atoms with E-state index in [9.17, 15) is 19.8 Å². The van der Waals surface area contributed by atoms with Gasteiger partial charge in [-0.25, -0.2) is 4.79 Å². The van der Waals surface area contributed by atoms with E-state index in [0.717, 1.165) is 24.4 Å². The number of amides is 1. The van der Waals surface area contributed by atoms with Crippen LogP contribution >= 0.6 is 11.8 Å². The summed E-state index contributed by atoms with van der Waals surface area (Å²) in [5, 5.41) is 22.7. The Hall–Kier alpha value is -1.05. The second-order valence-electron chi connectivity index (χ2n) is 5.56. The largest absolute Gasteiger partial charge is 0.477 e. The van der Waals surface area contributed by atoms with Crippen molar-refractivity contribution in [1.29, 1.82) is 0 Å². The molecule has 3 aliphatic rings. The Morgan fingerprint density at radius 2 is 2.30 bits per heavy atom. The molecule has 0 aliphatic carbocycles. The summed E-state index contributed by atoms with van der Waals surface area (Å²) in [7, 11) is 0. The summed E-state index contributed by atoms with van der Waals surface area (Å²) in [4.78, 5) is 25.6. The van der Waals surface area contributed by atoms with E-state index in [-0.39, 0.29) is 17.6 Å². The Morgan fingerprint density at radius 1 is 1.55 bits per heavy atom. The van der Waals surface area contributed by atoms with E-state index in [2.05, 4.69) is 5.32 Å². The van der Waals surface area contributed by atoms with E-state index < -0.39 is 18.0 Å². The number of carboxylic acid groups (broad SMARTS) is 1. The maximum absolute atomic E-state index is 12.0. The lowest BCUT2D eigenvalue weighted by atomic mass is 9.83. The number of carbonyl (C=O) groups excluding carboxylic acids is 1. The minimum absolute atomic E-state index is 0.133. The number of β-lactam (4-membered cyclic amide) rings is 1. The van der Waals surface area contributed by atoms with Gasteiger partial charge in [-0.05, 0) is 19.9 Å². The van der Waals surface area contributed by atoms with Crippen LogP contribution in [0.3, 0.4) is 0 Å². The average Bonchev–Trinajstić information content (AvgIpc) is 2.95. The molecular weight excluding hydrogens is 280 g/mol. The van der Waals surface area contributed by atoms with Gasteiger partial charge in [0.25, 0.3) is 0 Å². The molecule has 0 spiro atoms. The number of fused-ring (bicyclic) bond motifs is 1. The van der Waals surface area contributed by atoms with Gasteiger partial charge in [-0.15, -0.1) is 11.8 Å². The second-order valence-corrected chi connectivity index (χ2v) is 6.95. The summed E-state index contributed by atoms with van der Waals surface area (Å²) in [6, 6.07) is -0.175. The van der Waals surface area contributed by atoms with Crippen molar-refractivity contribution >= 4 is 23.6 Å². The zero-order valence-electron chi connectivity index (χ0n) is 11.2. The van der Waals surface area contributed by atoms with Crippen molar-refractivity contribution in [3.8, 4) is 0 Å². The van der Waals surface area contributed by atoms with E-state index in [0.29, 0.717) is 11.7 Å². The molecule has 0 unspecified atom stereocenters. The molecule has 0 aromatic heterocycles. The van der Waals surface area contributed by atoms with Crippen LogP contribution in [-0.2, 0) is 9.59 Å². The Bertz CT molecular complexity index is 485. The summed E-state index contributed by atoms with van der Waals surface area (Å²) < 4.78 is 0. The number of nitrogens with zero attached hydrogens (tertiary/aromatic N) is 1. The maximum atomic E-state index is 12.0. The van der Waals surface area contributed by atoms with Crippen molar-refractivity contribution < 1.29 is 19.8 Å². The number of hydrogen-bond donors (Lipinski definition) is 3. The molecule has 3 heterocycles. The van der Waals surface area contributed by atoms with Crippen LogP contribution in [0.5, 0.6) is 0 Å². The Kier molecular flexibility index (Phi) is 3.51. The first-order valence-corrected chi connectivity index (χ1v) is 7.73. The van der Waals surface area contributed by atoms with Gasteiger partial charge < -0.3 is 20.4 Å². The van der Waals surface area contributed by atoms with E-state index in [1.165, 1.54) is 4.90 Å². The molecule has 2 fully saturated rings. The average molecular weight is 298 g/mol. The number of aliphatic hydroxyl groups is 1. The molecule has 3 rings (SSSR count). The lowest BCUT2D eigenvalue weighted by molar-refractivity contribution is -0.161. The first-order chi connectivity index (χ1) is 9.50. The van der Waals surface area contributed by atoms with E-state index in [1.807, 2.05) is 0 Å². The molecule has 4 atom stereocenters. The number of nitrogens with one attached hydrogen (secondary N) is 1. The highest BCUT2D eigenvalue weighted by atomic mass is 32.2. The van der Waals surface area contributed by atoms with Crippen LogP contribution in [0.25, 0.3) is 0 Å². The fraction of sp³-hybridized carbons (Fsp3) is 0.692. The molecule has 6 nitrogen and oxygen atoms in total. The van der Waals surface area contributed by atoms with Gasteiger partial charge in [-0.1, -0.05) is 0 Å². The van der Waals surface area contributed by atoms with Crippen LogP contribution in [0, 0.1) is 5.92 Å².